The fraction of sp³-hybridized carbons (Fsp3) is 0.444. The lowest BCUT2D eigenvalue weighted by atomic mass is 10.1. The molecule has 74 valence electrons. The van der Waals surface area contributed by atoms with Crippen molar-refractivity contribution in [2.75, 3.05) is 0 Å². The molecule has 0 aliphatic rings. The molecule has 0 amide bonds. The smallest absolute Gasteiger partial charge is 0.262 e. The Hall–Kier alpha value is -1.65. The van der Waals surface area contributed by atoms with E-state index in [2.05, 4.69) is 34.0 Å². The van der Waals surface area contributed by atoms with Crippen molar-refractivity contribution in [3.63, 3.8) is 0 Å². The SMILES string of the molecule is CC(C)Cc1nc2[nH]ncc2c(=O)[nH]1. The molecule has 0 atom stereocenters. The first-order valence-corrected chi connectivity index (χ1v) is 4.59. The fourth-order valence-electron chi connectivity index (χ4n) is 1.38. The minimum atomic E-state index is -0.126. The lowest BCUT2D eigenvalue weighted by Crippen LogP contribution is -2.12. The van der Waals surface area contributed by atoms with E-state index in [0.29, 0.717) is 22.8 Å². The Balaban J connectivity index is 2.53. The van der Waals surface area contributed by atoms with Crippen LogP contribution in [-0.2, 0) is 6.42 Å². The molecule has 2 rings (SSSR count). The van der Waals surface area contributed by atoms with Crippen LogP contribution in [0.5, 0.6) is 0 Å². The lowest BCUT2D eigenvalue weighted by Gasteiger charge is -2.02. The highest BCUT2D eigenvalue weighted by Gasteiger charge is 2.06. The van der Waals surface area contributed by atoms with Crippen LogP contribution in [0.15, 0.2) is 11.0 Å². The van der Waals surface area contributed by atoms with E-state index >= 15 is 0 Å². The molecule has 2 N–H and O–H groups in total. The maximum Gasteiger partial charge on any atom is 0.262 e. The Bertz CT molecular complexity index is 497. The fourth-order valence-corrected chi connectivity index (χ4v) is 1.38. The van der Waals surface area contributed by atoms with E-state index in [1.807, 2.05) is 0 Å². The van der Waals surface area contributed by atoms with Gasteiger partial charge in [0.15, 0.2) is 5.65 Å². The van der Waals surface area contributed by atoms with Crippen molar-refractivity contribution in [3.8, 4) is 0 Å². The van der Waals surface area contributed by atoms with Crippen molar-refractivity contribution >= 4 is 11.0 Å². The number of rotatable bonds is 2. The molecule has 0 radical (unpaired) electrons. The number of aromatic nitrogens is 4. The van der Waals surface area contributed by atoms with Gasteiger partial charge in [0.25, 0.3) is 5.56 Å². The maximum absolute atomic E-state index is 11.5. The summed E-state index contributed by atoms with van der Waals surface area (Å²) in [6, 6.07) is 0. The van der Waals surface area contributed by atoms with Gasteiger partial charge in [-0.15, -0.1) is 0 Å². The van der Waals surface area contributed by atoms with Crippen molar-refractivity contribution in [2.24, 2.45) is 5.92 Å². The highest BCUT2D eigenvalue weighted by molar-refractivity contribution is 5.71. The van der Waals surface area contributed by atoms with Gasteiger partial charge < -0.3 is 4.98 Å². The average molecular weight is 192 g/mol. The second-order valence-electron chi connectivity index (χ2n) is 3.74. The monoisotopic (exact) mass is 192 g/mol. The van der Waals surface area contributed by atoms with Gasteiger partial charge in [-0.25, -0.2) is 4.98 Å². The number of nitrogens with one attached hydrogen (secondary N) is 2. The molecule has 0 saturated carbocycles. The Morgan fingerprint density at radius 1 is 1.50 bits per heavy atom. The molecule has 0 bridgehead atoms. The quantitative estimate of drug-likeness (QED) is 0.740. The molecule has 0 aliphatic carbocycles. The third-order valence-corrected chi connectivity index (χ3v) is 1.97. The van der Waals surface area contributed by atoms with Crippen LogP contribution in [0.25, 0.3) is 11.0 Å². The molecule has 5 heteroatoms. The van der Waals surface area contributed by atoms with Gasteiger partial charge in [0.1, 0.15) is 11.2 Å². The summed E-state index contributed by atoms with van der Waals surface area (Å²) < 4.78 is 0. The van der Waals surface area contributed by atoms with E-state index < -0.39 is 0 Å². The van der Waals surface area contributed by atoms with Gasteiger partial charge in [-0.05, 0) is 5.92 Å². The molecule has 14 heavy (non-hydrogen) atoms. The molecule has 0 aliphatic heterocycles. The zero-order valence-electron chi connectivity index (χ0n) is 8.16. The summed E-state index contributed by atoms with van der Waals surface area (Å²) in [6.45, 7) is 4.16. The second-order valence-corrected chi connectivity index (χ2v) is 3.74. The minimum absolute atomic E-state index is 0.126. The number of hydrogen-bond donors (Lipinski definition) is 2. The van der Waals surface area contributed by atoms with E-state index in [1.165, 1.54) is 6.20 Å². The summed E-state index contributed by atoms with van der Waals surface area (Å²) in [6.07, 6.45) is 2.25. The van der Waals surface area contributed by atoms with Gasteiger partial charge in [-0.2, -0.15) is 5.10 Å². The molecule has 2 heterocycles. The number of hydrogen-bond acceptors (Lipinski definition) is 3. The molecule has 2 aromatic heterocycles. The van der Waals surface area contributed by atoms with Crippen molar-refractivity contribution in [3.05, 3.63) is 22.4 Å². The van der Waals surface area contributed by atoms with E-state index in [4.69, 9.17) is 0 Å². The molecule has 0 saturated heterocycles. The van der Waals surface area contributed by atoms with Crippen molar-refractivity contribution in [1.29, 1.82) is 0 Å². The number of aromatic amines is 2. The van der Waals surface area contributed by atoms with Crippen molar-refractivity contribution < 1.29 is 0 Å². The summed E-state index contributed by atoms with van der Waals surface area (Å²) >= 11 is 0. The standard InChI is InChI=1S/C9H12N4O/c1-5(2)3-7-11-8-6(4-10-13-8)9(14)12-7/h4-5H,3H2,1-2H3,(H2,10,11,12,13,14). The van der Waals surface area contributed by atoms with Crippen LogP contribution in [0.3, 0.4) is 0 Å². The summed E-state index contributed by atoms with van der Waals surface area (Å²) in [4.78, 5) is 18.5. The van der Waals surface area contributed by atoms with Crippen LogP contribution < -0.4 is 5.56 Å². The van der Waals surface area contributed by atoms with Gasteiger partial charge in [-0.3, -0.25) is 9.89 Å². The van der Waals surface area contributed by atoms with Gasteiger partial charge in [-0.1, -0.05) is 13.8 Å². The van der Waals surface area contributed by atoms with Crippen LogP contribution in [0.1, 0.15) is 19.7 Å². The Morgan fingerprint density at radius 3 is 3.00 bits per heavy atom. The number of fused-ring (bicyclic) bond motifs is 1. The predicted molar refractivity (Wildman–Crippen MR) is 53.1 cm³/mol. The Morgan fingerprint density at radius 2 is 2.29 bits per heavy atom. The molecule has 5 nitrogen and oxygen atoms in total. The van der Waals surface area contributed by atoms with Gasteiger partial charge in [0, 0.05) is 6.42 Å². The lowest BCUT2D eigenvalue weighted by molar-refractivity contribution is 0.621. The zero-order valence-corrected chi connectivity index (χ0v) is 8.16. The summed E-state index contributed by atoms with van der Waals surface area (Å²) in [5.74, 6) is 1.18. The van der Waals surface area contributed by atoms with Crippen molar-refractivity contribution in [1.82, 2.24) is 20.2 Å². The number of H-pyrrole nitrogens is 2. The first kappa shape index (κ1) is 8.93. The third kappa shape index (κ3) is 1.53. The zero-order chi connectivity index (χ0) is 10.1. The van der Waals surface area contributed by atoms with Crippen LogP contribution in [0.4, 0.5) is 0 Å². The predicted octanol–water partition coefficient (Wildman–Crippen LogP) is 0.845. The van der Waals surface area contributed by atoms with E-state index in [1.54, 1.807) is 0 Å². The van der Waals surface area contributed by atoms with Crippen LogP contribution in [0, 0.1) is 5.92 Å². The Kier molecular flexibility index (Phi) is 2.07. The van der Waals surface area contributed by atoms with Gasteiger partial charge >= 0.3 is 0 Å². The summed E-state index contributed by atoms with van der Waals surface area (Å²) in [7, 11) is 0. The number of nitrogens with zero attached hydrogens (tertiary/aromatic N) is 2. The highest BCUT2D eigenvalue weighted by atomic mass is 16.1. The minimum Gasteiger partial charge on any atom is -0.310 e. The van der Waals surface area contributed by atoms with E-state index in [0.717, 1.165) is 6.42 Å². The summed E-state index contributed by atoms with van der Waals surface area (Å²) in [5, 5.41) is 6.98. The van der Waals surface area contributed by atoms with Crippen molar-refractivity contribution in [2.45, 2.75) is 20.3 Å². The van der Waals surface area contributed by atoms with Gasteiger partial charge in [0.05, 0.1) is 6.20 Å². The third-order valence-electron chi connectivity index (χ3n) is 1.97. The maximum atomic E-state index is 11.5. The first-order chi connectivity index (χ1) is 6.66. The molecule has 2 aromatic rings. The Labute approximate surface area is 80.6 Å². The highest BCUT2D eigenvalue weighted by Crippen LogP contribution is 2.05. The van der Waals surface area contributed by atoms with Crippen LogP contribution in [0.2, 0.25) is 0 Å². The second kappa shape index (κ2) is 3.25. The molecule has 0 aromatic carbocycles. The summed E-state index contributed by atoms with van der Waals surface area (Å²) in [5.41, 5.74) is 0.434. The van der Waals surface area contributed by atoms with Gasteiger partial charge in [0.2, 0.25) is 0 Å². The molecule has 0 spiro atoms. The average Bonchev–Trinajstić information content (AvgIpc) is 2.50. The van der Waals surface area contributed by atoms with E-state index in [9.17, 15) is 4.79 Å². The largest absolute Gasteiger partial charge is 0.310 e. The van der Waals surface area contributed by atoms with E-state index in [-0.39, 0.29) is 5.56 Å². The molecular formula is C9H12N4O. The normalized spacial score (nSPS) is 11.4. The topological polar surface area (TPSA) is 74.4 Å². The van der Waals surface area contributed by atoms with Crippen LogP contribution >= 0.6 is 0 Å². The molecule has 0 fully saturated rings. The molecule has 0 unspecified atom stereocenters. The molecular weight excluding hydrogens is 180 g/mol. The van der Waals surface area contributed by atoms with Crippen LogP contribution in [-0.4, -0.2) is 20.2 Å². The first-order valence-electron chi connectivity index (χ1n) is 4.59.